The van der Waals surface area contributed by atoms with Crippen molar-refractivity contribution in [2.24, 2.45) is 0 Å². The van der Waals surface area contributed by atoms with Crippen LogP contribution < -0.4 is 10.6 Å². The van der Waals surface area contributed by atoms with Gasteiger partial charge in [-0.05, 0) is 60.1 Å². The smallest absolute Gasteiger partial charge is 0.432 e. The van der Waals surface area contributed by atoms with Crippen molar-refractivity contribution in [2.75, 3.05) is 38.8 Å². The molecule has 3 N–H and O–H groups in total. The molecule has 4 rings (SSSR count). The Kier molecular flexibility index (Phi) is 12.4. The van der Waals surface area contributed by atoms with Gasteiger partial charge in [0.05, 0.1) is 0 Å². The zero-order valence-corrected chi connectivity index (χ0v) is 25.8. The number of nitrogens with one attached hydrogen (secondary N) is 2. The van der Waals surface area contributed by atoms with Gasteiger partial charge in [0, 0.05) is 76.1 Å². The van der Waals surface area contributed by atoms with Crippen LogP contribution in [0.4, 0.5) is 10.5 Å². The number of carbonyl (C=O) groups excluding carboxylic acids is 6. The molecule has 1 atom stereocenters. The van der Waals surface area contributed by atoms with Crippen LogP contribution in [0.2, 0.25) is 0 Å². The number of Topliss-reactive ketones (excluding diaryl/α,β-unsaturated/α-hetero) is 1. The van der Waals surface area contributed by atoms with Gasteiger partial charge in [0.2, 0.25) is 11.8 Å². The third-order valence-electron chi connectivity index (χ3n) is 7.77. The summed E-state index contributed by atoms with van der Waals surface area (Å²) in [6.45, 7) is 0.813. The molecular formula is C33H39N3O10. The van der Waals surface area contributed by atoms with Crippen LogP contribution >= 0.6 is 0 Å². The number of carbonyl (C=O) groups is 6. The first kappa shape index (κ1) is 34.3. The zero-order valence-electron chi connectivity index (χ0n) is 25.8. The third kappa shape index (κ3) is 8.76. The molecule has 0 saturated carbocycles. The molecule has 2 aliphatic rings. The van der Waals surface area contributed by atoms with Gasteiger partial charge in [0.15, 0.2) is 5.78 Å². The van der Waals surface area contributed by atoms with Crippen LogP contribution in [-0.4, -0.2) is 79.2 Å². The van der Waals surface area contributed by atoms with Crippen molar-refractivity contribution >= 4 is 41.3 Å². The predicted octanol–water partition coefficient (Wildman–Crippen LogP) is 3.62. The van der Waals surface area contributed by atoms with E-state index in [1.165, 1.54) is 7.05 Å². The summed E-state index contributed by atoms with van der Waals surface area (Å²) in [5.74, 6) is -2.32. The summed E-state index contributed by atoms with van der Waals surface area (Å²) >= 11 is 0. The highest BCUT2D eigenvalue weighted by Crippen LogP contribution is 2.48. The summed E-state index contributed by atoms with van der Waals surface area (Å²) in [6, 6.07) is 10.6. The number of fused-ring (bicyclic) bond motifs is 3. The summed E-state index contributed by atoms with van der Waals surface area (Å²) in [5.41, 5.74) is 3.86. The molecule has 1 heterocycles. The van der Waals surface area contributed by atoms with Crippen molar-refractivity contribution in [1.29, 1.82) is 0 Å². The maximum atomic E-state index is 13.4. The van der Waals surface area contributed by atoms with Crippen LogP contribution in [0.25, 0.3) is 11.1 Å². The number of anilines is 1. The molecule has 2 aromatic carbocycles. The largest absolute Gasteiger partial charge is 0.533 e. The molecule has 2 aromatic rings. The Morgan fingerprint density at radius 2 is 1.63 bits per heavy atom. The first-order valence-electron chi connectivity index (χ1n) is 15.4. The number of unbranched alkanes of at least 4 members (excludes halogenated alkanes) is 1. The normalized spacial score (nSPS) is 14.9. The van der Waals surface area contributed by atoms with Crippen LogP contribution in [-0.2, 0) is 33.5 Å². The molecule has 0 aromatic heterocycles. The fourth-order valence-electron chi connectivity index (χ4n) is 5.45. The quantitative estimate of drug-likeness (QED) is 0.100. The maximum Gasteiger partial charge on any atom is 0.533 e. The highest BCUT2D eigenvalue weighted by atomic mass is 16.8. The minimum absolute atomic E-state index is 0.0531. The number of nitrogens with zero attached hydrogens (tertiary/aromatic N) is 1. The molecule has 4 amide bonds. The summed E-state index contributed by atoms with van der Waals surface area (Å²) in [6.07, 6.45) is 1.59. The van der Waals surface area contributed by atoms with E-state index in [9.17, 15) is 28.8 Å². The van der Waals surface area contributed by atoms with Crippen LogP contribution in [0.3, 0.4) is 0 Å². The van der Waals surface area contributed by atoms with E-state index >= 15 is 0 Å². The number of benzene rings is 2. The predicted molar refractivity (Wildman–Crippen MR) is 164 cm³/mol. The number of hydrogen-bond donors (Lipinski definition) is 3. The van der Waals surface area contributed by atoms with Crippen molar-refractivity contribution in [3.63, 3.8) is 0 Å². The van der Waals surface area contributed by atoms with E-state index in [4.69, 9.17) is 19.4 Å². The highest BCUT2D eigenvalue weighted by Gasteiger charge is 2.36. The van der Waals surface area contributed by atoms with Gasteiger partial charge in [-0.15, -0.1) is 0 Å². The zero-order chi connectivity index (χ0) is 33.1. The first-order chi connectivity index (χ1) is 22.2. The second-order valence-corrected chi connectivity index (χ2v) is 11.0. The van der Waals surface area contributed by atoms with E-state index in [0.29, 0.717) is 59.9 Å². The van der Waals surface area contributed by atoms with E-state index in [2.05, 4.69) is 10.6 Å². The average Bonchev–Trinajstić information content (AvgIpc) is 3.53. The van der Waals surface area contributed by atoms with E-state index < -0.39 is 23.9 Å². The van der Waals surface area contributed by atoms with Gasteiger partial charge in [-0.1, -0.05) is 29.3 Å². The second-order valence-electron chi connectivity index (χ2n) is 11.0. The molecule has 1 aliphatic carbocycles. The number of ether oxygens (including phenoxy) is 2. The van der Waals surface area contributed by atoms with E-state index in [-0.39, 0.29) is 62.9 Å². The van der Waals surface area contributed by atoms with Gasteiger partial charge in [0.1, 0.15) is 6.61 Å². The molecule has 13 heteroatoms. The Labute approximate surface area is 266 Å². The minimum atomic E-state index is -1.22. The molecule has 246 valence electrons. The third-order valence-corrected chi connectivity index (χ3v) is 7.77. The van der Waals surface area contributed by atoms with E-state index in [0.717, 1.165) is 17.5 Å². The molecule has 1 aliphatic heterocycles. The monoisotopic (exact) mass is 637 g/mol. The average molecular weight is 638 g/mol. The van der Waals surface area contributed by atoms with E-state index in [1.807, 2.05) is 6.07 Å². The second kappa shape index (κ2) is 16.6. The Morgan fingerprint density at radius 1 is 0.891 bits per heavy atom. The number of rotatable bonds is 17. The lowest BCUT2D eigenvalue weighted by Crippen LogP contribution is -2.32. The number of imide groups is 1. The van der Waals surface area contributed by atoms with Crippen molar-refractivity contribution in [3.05, 3.63) is 53.1 Å². The van der Waals surface area contributed by atoms with Crippen molar-refractivity contribution in [2.45, 2.75) is 63.7 Å². The van der Waals surface area contributed by atoms with Gasteiger partial charge in [-0.2, -0.15) is 0 Å². The lowest BCUT2D eigenvalue weighted by molar-refractivity contribution is -0.177. The fraction of sp³-hybridized carbons (Fsp3) is 0.455. The van der Waals surface area contributed by atoms with Crippen molar-refractivity contribution < 1.29 is 48.2 Å². The molecule has 1 unspecified atom stereocenters. The Morgan fingerprint density at radius 3 is 2.37 bits per heavy atom. The maximum absolute atomic E-state index is 13.4. The van der Waals surface area contributed by atoms with Crippen LogP contribution in [0.1, 0.15) is 85.2 Å². The summed E-state index contributed by atoms with van der Waals surface area (Å²) in [4.78, 5) is 78.6. The Bertz CT molecular complexity index is 1460. The molecule has 0 bridgehead atoms. The molecule has 46 heavy (non-hydrogen) atoms. The summed E-state index contributed by atoms with van der Waals surface area (Å²) in [7, 11) is 1.53. The van der Waals surface area contributed by atoms with Gasteiger partial charge in [0.25, 0.3) is 11.8 Å². The number of amides is 4. The van der Waals surface area contributed by atoms with Gasteiger partial charge < -0.3 is 25.2 Å². The molecule has 1 fully saturated rings. The summed E-state index contributed by atoms with van der Waals surface area (Å²) < 4.78 is 10.9. The molecule has 0 spiro atoms. The molecule has 0 radical (unpaired) electrons. The highest BCUT2D eigenvalue weighted by molar-refractivity contribution is 6.05. The lowest BCUT2D eigenvalue weighted by Gasteiger charge is -2.17. The van der Waals surface area contributed by atoms with Gasteiger partial charge in [-0.3, -0.25) is 28.8 Å². The van der Waals surface area contributed by atoms with E-state index in [1.54, 1.807) is 30.3 Å². The Balaban J connectivity index is 1.52. The number of hydrogen-bond acceptors (Lipinski definition) is 10. The molecular weight excluding hydrogens is 598 g/mol. The van der Waals surface area contributed by atoms with Gasteiger partial charge in [-0.25, -0.2) is 4.79 Å². The van der Waals surface area contributed by atoms with Gasteiger partial charge >= 0.3 is 6.16 Å². The number of hydroxylamine groups is 2. The number of aliphatic hydroxyl groups is 1. The number of ketones is 1. The standard InChI is InChI=1S/C33H39N3O10/c1-34-28(39)10-5-11-29(40)35-21-12-13-23-25(19-21)26(20-45-33(43)46-36-30(41)14-15-31(36)42)22-7-4-8-24(32(22)23)27(38)9-6-18-44-17-3-2-16-37/h4,7-8,12-13,19,26,37H,2-3,5-6,9-11,14-18,20H2,1H3,(H,34,39)(H,35,40). The molecule has 1 saturated heterocycles. The fourth-order valence-corrected chi connectivity index (χ4v) is 5.45. The molecule has 13 nitrogen and oxygen atoms in total. The van der Waals surface area contributed by atoms with Crippen molar-refractivity contribution in [1.82, 2.24) is 10.4 Å². The number of aliphatic hydroxyl groups excluding tert-OH is 1. The SMILES string of the molecule is CNC(=O)CCCC(=O)Nc1ccc2c(c1)C(COC(=O)ON1C(=O)CCC1=O)c1cccc(C(=O)CCCOCCCCO)c1-2. The van der Waals surface area contributed by atoms with Crippen LogP contribution in [0, 0.1) is 0 Å². The van der Waals surface area contributed by atoms with Crippen LogP contribution in [0.5, 0.6) is 0 Å². The first-order valence-corrected chi connectivity index (χ1v) is 15.4. The lowest BCUT2D eigenvalue weighted by atomic mass is 9.93. The Hall–Kier alpha value is -4.62. The van der Waals surface area contributed by atoms with Crippen molar-refractivity contribution in [3.8, 4) is 11.1 Å². The minimum Gasteiger partial charge on any atom is -0.432 e. The summed E-state index contributed by atoms with van der Waals surface area (Å²) in [5, 5.41) is 14.7. The topological polar surface area (TPSA) is 178 Å². The van der Waals surface area contributed by atoms with Crippen LogP contribution in [0.15, 0.2) is 36.4 Å².